The number of methoxy groups -OCH3 is 1. The van der Waals surface area contributed by atoms with Gasteiger partial charge in [-0.3, -0.25) is 0 Å². The summed E-state index contributed by atoms with van der Waals surface area (Å²) < 4.78 is 5.37. The Kier molecular flexibility index (Phi) is 3.87. The Hall–Kier alpha value is -1.34. The van der Waals surface area contributed by atoms with Gasteiger partial charge in [0.1, 0.15) is 0 Å². The number of halogens is 1. The van der Waals surface area contributed by atoms with Gasteiger partial charge in [-0.1, -0.05) is 22.9 Å². The Morgan fingerprint density at radius 3 is 2.73 bits per heavy atom. The van der Waals surface area contributed by atoms with E-state index in [-0.39, 0.29) is 0 Å². The molecule has 0 fully saturated rings. The lowest BCUT2D eigenvalue weighted by molar-refractivity contribution is 0.0599. The highest BCUT2D eigenvalue weighted by atomic mass is 79.9. The highest BCUT2D eigenvalue weighted by Crippen LogP contribution is 2.22. The molecule has 3 nitrogen and oxygen atoms in total. The molecule has 1 aromatic carbocycles. The minimum atomic E-state index is -0.412. The van der Waals surface area contributed by atoms with Crippen LogP contribution in [0.2, 0.25) is 0 Å². The first-order chi connectivity index (χ1) is 7.13. The third-order valence-corrected chi connectivity index (χ3v) is 2.55. The fourth-order valence-electron chi connectivity index (χ4n) is 1.41. The number of carbonyl (C=O) groups is 1. The van der Waals surface area contributed by atoms with Crippen LogP contribution >= 0.6 is 15.9 Å². The molecule has 0 heterocycles. The number of nitrogens with zero attached hydrogens (tertiary/aromatic N) is 1. The van der Waals surface area contributed by atoms with Crippen LogP contribution in [0.15, 0.2) is 16.6 Å². The van der Waals surface area contributed by atoms with Gasteiger partial charge in [0.15, 0.2) is 0 Å². The Bertz CT molecular complexity index is 435. The van der Waals surface area contributed by atoms with Crippen LogP contribution in [0.3, 0.4) is 0 Å². The van der Waals surface area contributed by atoms with Crippen LogP contribution in [-0.2, 0) is 11.2 Å². The van der Waals surface area contributed by atoms with Gasteiger partial charge in [0.25, 0.3) is 0 Å². The largest absolute Gasteiger partial charge is 0.465 e. The summed E-state index contributed by atoms with van der Waals surface area (Å²) in [5.41, 5.74) is 1.69. The Morgan fingerprint density at radius 1 is 1.60 bits per heavy atom. The smallest absolute Gasteiger partial charge is 0.338 e. The number of carbonyl (C=O) groups excluding carboxylic acids is 1. The second kappa shape index (κ2) is 4.94. The molecular formula is C11H10BrNO2. The lowest BCUT2D eigenvalue weighted by Crippen LogP contribution is -2.07. The average Bonchev–Trinajstić information content (AvgIpc) is 2.26. The van der Waals surface area contributed by atoms with Gasteiger partial charge in [0.2, 0.25) is 0 Å². The van der Waals surface area contributed by atoms with Crippen LogP contribution in [-0.4, -0.2) is 13.1 Å². The molecule has 0 radical (unpaired) electrons. The number of nitriles is 1. The van der Waals surface area contributed by atoms with Gasteiger partial charge in [0.05, 0.1) is 24.3 Å². The summed E-state index contributed by atoms with van der Waals surface area (Å²) in [4.78, 5) is 11.5. The van der Waals surface area contributed by atoms with Crippen molar-refractivity contribution in [3.05, 3.63) is 33.3 Å². The monoisotopic (exact) mass is 267 g/mol. The average molecular weight is 268 g/mol. The number of benzene rings is 1. The van der Waals surface area contributed by atoms with Gasteiger partial charge in [-0.2, -0.15) is 5.26 Å². The van der Waals surface area contributed by atoms with Crippen molar-refractivity contribution in [3.8, 4) is 6.07 Å². The minimum Gasteiger partial charge on any atom is -0.465 e. The zero-order chi connectivity index (χ0) is 11.4. The van der Waals surface area contributed by atoms with Crippen LogP contribution in [0.4, 0.5) is 0 Å². The maximum absolute atomic E-state index is 11.5. The summed E-state index contributed by atoms with van der Waals surface area (Å²) in [6.45, 7) is 1.90. The number of esters is 1. The maximum Gasteiger partial charge on any atom is 0.338 e. The second-order valence-electron chi connectivity index (χ2n) is 2.94. The molecule has 0 amide bonds. The van der Waals surface area contributed by atoms with Crippen molar-refractivity contribution in [2.24, 2.45) is 0 Å². The molecule has 4 heteroatoms. The van der Waals surface area contributed by atoms with E-state index in [4.69, 9.17) is 5.26 Å². The molecule has 0 saturated heterocycles. The summed E-state index contributed by atoms with van der Waals surface area (Å²) >= 11 is 3.26. The third-order valence-electron chi connectivity index (χ3n) is 2.09. The molecule has 0 spiro atoms. The van der Waals surface area contributed by atoms with E-state index in [2.05, 4.69) is 26.7 Å². The fraction of sp³-hybridized carbons (Fsp3) is 0.273. The van der Waals surface area contributed by atoms with Crippen LogP contribution in [0.25, 0.3) is 0 Å². The highest BCUT2D eigenvalue weighted by Gasteiger charge is 2.15. The van der Waals surface area contributed by atoms with Crippen molar-refractivity contribution < 1.29 is 9.53 Å². The lowest BCUT2D eigenvalue weighted by Gasteiger charge is -2.08. The van der Waals surface area contributed by atoms with Gasteiger partial charge < -0.3 is 4.74 Å². The summed E-state index contributed by atoms with van der Waals surface area (Å²) in [6, 6.07) is 5.44. The van der Waals surface area contributed by atoms with Crippen LogP contribution < -0.4 is 0 Å². The number of ether oxygens (including phenoxy) is 1. The molecule has 0 atom stereocenters. The normalized spacial score (nSPS) is 9.47. The standard InChI is InChI=1S/C11H10BrNO2/c1-3-9-7(6-13)4-8(12)5-10(9)11(14)15-2/h4-5H,3H2,1-2H3. The van der Waals surface area contributed by atoms with Crippen molar-refractivity contribution in [1.82, 2.24) is 0 Å². The lowest BCUT2D eigenvalue weighted by atomic mass is 9.99. The van der Waals surface area contributed by atoms with Crippen molar-refractivity contribution in [3.63, 3.8) is 0 Å². The fourth-order valence-corrected chi connectivity index (χ4v) is 1.87. The molecule has 0 bridgehead atoms. The molecule has 0 aliphatic rings. The van der Waals surface area contributed by atoms with Gasteiger partial charge in [0, 0.05) is 4.47 Å². The van der Waals surface area contributed by atoms with E-state index in [1.165, 1.54) is 7.11 Å². The molecule has 1 rings (SSSR count). The third kappa shape index (κ3) is 2.37. The van der Waals surface area contributed by atoms with E-state index in [0.29, 0.717) is 22.0 Å². The molecule has 0 aliphatic carbocycles. The predicted molar refractivity (Wildman–Crippen MR) is 59.6 cm³/mol. The summed E-state index contributed by atoms with van der Waals surface area (Å²) in [6.07, 6.45) is 0.626. The van der Waals surface area contributed by atoms with Crippen molar-refractivity contribution in [1.29, 1.82) is 5.26 Å². The van der Waals surface area contributed by atoms with Gasteiger partial charge >= 0.3 is 5.97 Å². The van der Waals surface area contributed by atoms with Gasteiger partial charge in [-0.05, 0) is 24.1 Å². The molecular weight excluding hydrogens is 258 g/mol. The molecule has 0 aromatic heterocycles. The van der Waals surface area contributed by atoms with Gasteiger partial charge in [-0.25, -0.2) is 4.79 Å². The quantitative estimate of drug-likeness (QED) is 0.775. The Labute approximate surface area is 96.8 Å². The number of rotatable bonds is 2. The first-order valence-electron chi connectivity index (χ1n) is 4.44. The molecule has 0 saturated carbocycles. The summed E-state index contributed by atoms with van der Waals surface area (Å²) in [5.74, 6) is -0.412. The molecule has 0 N–H and O–H groups in total. The van der Waals surface area contributed by atoms with Crippen LogP contribution in [0.1, 0.15) is 28.4 Å². The molecule has 15 heavy (non-hydrogen) atoms. The number of hydrogen-bond donors (Lipinski definition) is 0. The zero-order valence-electron chi connectivity index (χ0n) is 8.50. The molecule has 0 unspecified atom stereocenters. The van der Waals surface area contributed by atoms with Crippen molar-refractivity contribution >= 4 is 21.9 Å². The van der Waals surface area contributed by atoms with E-state index in [1.807, 2.05) is 6.92 Å². The Morgan fingerprint density at radius 2 is 2.27 bits per heavy atom. The first kappa shape index (κ1) is 11.7. The Balaban J connectivity index is 3.43. The van der Waals surface area contributed by atoms with Crippen molar-refractivity contribution in [2.75, 3.05) is 7.11 Å². The second-order valence-corrected chi connectivity index (χ2v) is 3.85. The van der Waals surface area contributed by atoms with Crippen LogP contribution in [0.5, 0.6) is 0 Å². The maximum atomic E-state index is 11.5. The minimum absolute atomic E-state index is 0.412. The van der Waals surface area contributed by atoms with E-state index < -0.39 is 5.97 Å². The van der Waals surface area contributed by atoms with E-state index >= 15 is 0 Å². The SMILES string of the molecule is CCc1c(C#N)cc(Br)cc1C(=O)OC. The first-order valence-corrected chi connectivity index (χ1v) is 5.24. The topological polar surface area (TPSA) is 50.1 Å². The zero-order valence-corrected chi connectivity index (χ0v) is 10.1. The van der Waals surface area contributed by atoms with Gasteiger partial charge in [-0.15, -0.1) is 0 Å². The van der Waals surface area contributed by atoms with E-state index in [9.17, 15) is 4.79 Å². The summed E-state index contributed by atoms with van der Waals surface area (Å²) in [7, 11) is 1.33. The predicted octanol–water partition coefficient (Wildman–Crippen LogP) is 2.67. The van der Waals surface area contributed by atoms with Crippen LogP contribution in [0, 0.1) is 11.3 Å². The molecule has 78 valence electrons. The molecule has 0 aliphatic heterocycles. The molecule has 1 aromatic rings. The number of hydrogen-bond acceptors (Lipinski definition) is 3. The summed E-state index contributed by atoms with van der Waals surface area (Å²) in [5, 5.41) is 8.93. The van der Waals surface area contributed by atoms with E-state index in [1.54, 1.807) is 12.1 Å². The van der Waals surface area contributed by atoms with E-state index in [0.717, 1.165) is 5.56 Å². The highest BCUT2D eigenvalue weighted by molar-refractivity contribution is 9.10. The van der Waals surface area contributed by atoms with Crippen molar-refractivity contribution in [2.45, 2.75) is 13.3 Å².